The first-order valence-corrected chi connectivity index (χ1v) is 5.78. The van der Waals surface area contributed by atoms with Crippen molar-refractivity contribution in [3.05, 3.63) is 29.8 Å². The molecular formula is C13H13F4NO2. The molecule has 0 N–H and O–H groups in total. The van der Waals surface area contributed by atoms with Gasteiger partial charge in [-0.15, -0.1) is 0 Å². The van der Waals surface area contributed by atoms with E-state index in [1.165, 1.54) is 0 Å². The second-order valence-corrected chi connectivity index (χ2v) is 3.94. The van der Waals surface area contributed by atoms with Crippen molar-refractivity contribution >= 4 is 0 Å². The van der Waals surface area contributed by atoms with Crippen molar-refractivity contribution in [1.82, 2.24) is 0 Å². The highest BCUT2D eigenvalue weighted by molar-refractivity contribution is 5.28. The number of rotatable bonds is 8. The largest absolute Gasteiger partial charge is 0.491 e. The molecule has 3 nitrogen and oxygen atoms in total. The summed E-state index contributed by atoms with van der Waals surface area (Å²) < 4.78 is 58.2. The van der Waals surface area contributed by atoms with Crippen LogP contribution in [0.2, 0.25) is 0 Å². The van der Waals surface area contributed by atoms with Crippen LogP contribution >= 0.6 is 0 Å². The molecule has 1 aromatic carbocycles. The van der Waals surface area contributed by atoms with E-state index in [-0.39, 0.29) is 19.6 Å². The smallest absolute Gasteiger partial charge is 0.330 e. The predicted octanol–water partition coefficient (Wildman–Crippen LogP) is 3.05. The van der Waals surface area contributed by atoms with Crippen molar-refractivity contribution < 1.29 is 27.0 Å². The molecule has 0 aliphatic rings. The molecule has 0 aromatic heterocycles. The summed E-state index contributed by atoms with van der Waals surface area (Å²) in [7, 11) is 0. The Morgan fingerprint density at radius 3 is 2.35 bits per heavy atom. The quantitative estimate of drug-likeness (QED) is 0.546. The van der Waals surface area contributed by atoms with E-state index in [1.807, 2.05) is 6.07 Å². The normalized spacial score (nSPS) is 11.4. The Hall–Kier alpha value is -1.81. The molecule has 0 unspecified atom stereocenters. The van der Waals surface area contributed by atoms with E-state index >= 15 is 0 Å². The Balaban J connectivity index is 2.23. The van der Waals surface area contributed by atoms with Crippen LogP contribution in [0.1, 0.15) is 5.56 Å². The van der Waals surface area contributed by atoms with E-state index < -0.39 is 19.0 Å². The lowest BCUT2D eigenvalue weighted by Gasteiger charge is -2.15. The molecule has 0 fully saturated rings. The maximum Gasteiger partial charge on any atom is 0.330 e. The van der Waals surface area contributed by atoms with Gasteiger partial charge in [0.2, 0.25) is 0 Å². The van der Waals surface area contributed by atoms with Gasteiger partial charge in [-0.2, -0.15) is 14.0 Å². The fourth-order valence-corrected chi connectivity index (χ4v) is 1.28. The third-order valence-electron chi connectivity index (χ3n) is 2.32. The predicted molar refractivity (Wildman–Crippen MR) is 63.0 cm³/mol. The van der Waals surface area contributed by atoms with Gasteiger partial charge in [0, 0.05) is 0 Å². The first-order valence-electron chi connectivity index (χ1n) is 5.78. The fraction of sp³-hybridized carbons (Fsp3) is 0.462. The summed E-state index contributed by atoms with van der Waals surface area (Å²) in [6.45, 7) is -1.59. The van der Waals surface area contributed by atoms with Crippen molar-refractivity contribution in [3.8, 4) is 11.8 Å². The van der Waals surface area contributed by atoms with Crippen LogP contribution in [0, 0.1) is 11.3 Å². The summed E-state index contributed by atoms with van der Waals surface area (Å²) >= 11 is 0. The molecule has 0 saturated heterocycles. The molecule has 0 aliphatic carbocycles. The molecule has 20 heavy (non-hydrogen) atoms. The minimum absolute atomic E-state index is 0.0308. The van der Waals surface area contributed by atoms with Crippen LogP contribution in [0.15, 0.2) is 24.3 Å². The molecule has 0 spiro atoms. The lowest BCUT2D eigenvalue weighted by molar-refractivity contribution is -0.166. The van der Waals surface area contributed by atoms with Gasteiger partial charge in [0.05, 0.1) is 19.1 Å². The number of nitriles is 1. The van der Waals surface area contributed by atoms with Crippen LogP contribution in [0.3, 0.4) is 0 Å². The summed E-state index contributed by atoms with van der Waals surface area (Å²) in [4.78, 5) is 0. The Labute approximate surface area is 113 Å². The number of halogens is 4. The Kier molecular flexibility index (Phi) is 6.25. The van der Waals surface area contributed by atoms with Crippen molar-refractivity contribution in [2.75, 3.05) is 19.8 Å². The van der Waals surface area contributed by atoms with Gasteiger partial charge in [-0.25, -0.2) is 8.78 Å². The number of nitrogens with zero attached hydrogens (tertiary/aromatic N) is 1. The van der Waals surface area contributed by atoms with Crippen LogP contribution in [-0.2, 0) is 11.2 Å². The summed E-state index contributed by atoms with van der Waals surface area (Å²) in [5.74, 6) is -3.66. The highest BCUT2D eigenvalue weighted by Gasteiger charge is 2.40. The molecule has 7 heteroatoms. The van der Waals surface area contributed by atoms with Gasteiger partial charge < -0.3 is 9.47 Å². The Bertz CT molecular complexity index is 443. The zero-order valence-electron chi connectivity index (χ0n) is 10.5. The van der Waals surface area contributed by atoms with E-state index in [0.717, 1.165) is 5.56 Å². The first-order chi connectivity index (χ1) is 9.45. The van der Waals surface area contributed by atoms with Gasteiger partial charge in [0.15, 0.2) is 0 Å². The zero-order chi connectivity index (χ0) is 15.0. The average Bonchev–Trinajstić information content (AvgIpc) is 2.40. The van der Waals surface area contributed by atoms with E-state index in [9.17, 15) is 17.6 Å². The van der Waals surface area contributed by atoms with E-state index in [1.54, 1.807) is 24.3 Å². The van der Waals surface area contributed by atoms with Crippen molar-refractivity contribution in [1.29, 1.82) is 5.26 Å². The molecule has 1 aromatic rings. The van der Waals surface area contributed by atoms with Gasteiger partial charge in [0.25, 0.3) is 0 Å². The Morgan fingerprint density at radius 1 is 1.15 bits per heavy atom. The molecule has 110 valence electrons. The van der Waals surface area contributed by atoms with Crippen molar-refractivity contribution in [2.45, 2.75) is 18.8 Å². The number of ether oxygens (including phenoxy) is 2. The highest BCUT2D eigenvalue weighted by atomic mass is 19.3. The number of hydrogen-bond acceptors (Lipinski definition) is 3. The van der Waals surface area contributed by atoms with Crippen LogP contribution in [0.5, 0.6) is 5.75 Å². The van der Waals surface area contributed by atoms with Crippen molar-refractivity contribution in [3.63, 3.8) is 0 Å². The molecule has 0 bridgehead atoms. The van der Waals surface area contributed by atoms with Gasteiger partial charge in [-0.3, -0.25) is 0 Å². The van der Waals surface area contributed by atoms with Crippen LogP contribution < -0.4 is 4.74 Å². The summed E-state index contributed by atoms with van der Waals surface area (Å²) in [5.41, 5.74) is 0.827. The third kappa shape index (κ3) is 5.45. The maximum atomic E-state index is 12.5. The van der Waals surface area contributed by atoms with E-state index in [2.05, 4.69) is 4.74 Å². The second-order valence-electron chi connectivity index (χ2n) is 3.94. The summed E-state index contributed by atoms with van der Waals surface area (Å²) in [5, 5.41) is 8.48. The standard InChI is InChI=1S/C13H13F4NO2/c14-12(15)13(16,17)9-19-7-8-20-11-3-1-10(2-4-11)5-6-18/h1-4,12H,5,7-9H2. The van der Waals surface area contributed by atoms with Crippen LogP contribution in [0.25, 0.3) is 0 Å². The zero-order valence-corrected chi connectivity index (χ0v) is 10.5. The van der Waals surface area contributed by atoms with Gasteiger partial charge in [-0.05, 0) is 17.7 Å². The number of hydrogen-bond donors (Lipinski definition) is 0. The van der Waals surface area contributed by atoms with Crippen molar-refractivity contribution in [2.24, 2.45) is 0 Å². The highest BCUT2D eigenvalue weighted by Crippen LogP contribution is 2.22. The monoisotopic (exact) mass is 291 g/mol. The fourth-order valence-electron chi connectivity index (χ4n) is 1.28. The minimum Gasteiger partial charge on any atom is -0.491 e. The second kappa shape index (κ2) is 7.70. The molecule has 0 radical (unpaired) electrons. The molecule has 0 amide bonds. The molecule has 0 saturated carbocycles. The number of benzene rings is 1. The van der Waals surface area contributed by atoms with Crippen LogP contribution in [-0.4, -0.2) is 32.2 Å². The topological polar surface area (TPSA) is 42.2 Å². The van der Waals surface area contributed by atoms with Crippen LogP contribution in [0.4, 0.5) is 17.6 Å². The summed E-state index contributed by atoms with van der Waals surface area (Å²) in [6, 6.07) is 8.64. The molecule has 1 rings (SSSR count). The van der Waals surface area contributed by atoms with E-state index in [4.69, 9.17) is 10.00 Å². The third-order valence-corrected chi connectivity index (χ3v) is 2.32. The van der Waals surface area contributed by atoms with Gasteiger partial charge >= 0.3 is 12.3 Å². The molecule has 0 heterocycles. The maximum absolute atomic E-state index is 12.5. The Morgan fingerprint density at radius 2 is 1.80 bits per heavy atom. The first kappa shape index (κ1) is 16.2. The van der Waals surface area contributed by atoms with E-state index in [0.29, 0.717) is 5.75 Å². The van der Waals surface area contributed by atoms with Gasteiger partial charge in [-0.1, -0.05) is 12.1 Å². The van der Waals surface area contributed by atoms with Gasteiger partial charge in [0.1, 0.15) is 19.0 Å². The molecule has 0 atom stereocenters. The SMILES string of the molecule is N#CCc1ccc(OCCOCC(F)(F)C(F)F)cc1. The number of alkyl halides is 4. The molecule has 0 aliphatic heterocycles. The molecular weight excluding hydrogens is 278 g/mol. The lowest BCUT2D eigenvalue weighted by Crippen LogP contribution is -2.33. The average molecular weight is 291 g/mol. The minimum atomic E-state index is -4.14. The summed E-state index contributed by atoms with van der Waals surface area (Å²) in [6.07, 6.45) is -3.46. The lowest BCUT2D eigenvalue weighted by atomic mass is 10.2.